The molecule has 0 spiro atoms. The van der Waals surface area contributed by atoms with Crippen molar-refractivity contribution in [3.05, 3.63) is 90.3 Å². The molecule has 0 radical (unpaired) electrons. The number of carbonyl (C=O) groups excluding carboxylic acids is 5. The number of aromatic nitrogens is 2. The molecule has 3 aromatic rings. The Labute approximate surface area is 301 Å². The Bertz CT molecular complexity index is 1880. The normalized spacial score (nSPS) is 25.2. The molecule has 2 aliphatic rings. The highest BCUT2D eigenvalue weighted by Gasteiger charge is 2.39. The van der Waals surface area contributed by atoms with Gasteiger partial charge in [0.05, 0.1) is 19.1 Å². The third-order valence-electron chi connectivity index (χ3n) is 8.79. The molecule has 3 amide bonds. The molecule has 1 fully saturated rings. The predicted molar refractivity (Wildman–Crippen MR) is 190 cm³/mol. The van der Waals surface area contributed by atoms with E-state index in [1.807, 2.05) is 24.3 Å². The summed E-state index contributed by atoms with van der Waals surface area (Å²) in [6, 6.07) is 8.38. The number of ether oxygens (including phenoxy) is 2. The minimum Gasteiger partial charge on any atom is -0.460 e. The van der Waals surface area contributed by atoms with Gasteiger partial charge in [0.15, 0.2) is 5.69 Å². The highest BCUT2D eigenvalue weighted by Crippen LogP contribution is 2.26. The molecule has 0 saturated carbocycles. The number of anilines is 1. The average Bonchev–Trinajstić information content (AvgIpc) is 3.80. The predicted octanol–water partition coefficient (Wildman–Crippen LogP) is 4.31. The number of hydrogen-bond acceptors (Lipinski definition) is 11. The lowest BCUT2D eigenvalue weighted by molar-refractivity contribution is -0.159. The Morgan fingerprint density at radius 2 is 1.96 bits per heavy atom. The minimum atomic E-state index is -1.05. The number of Topliss-reactive ketones (excluding diaryl/α,β-unsaturated/α-hetero) is 1. The zero-order chi connectivity index (χ0) is 37.2. The average molecular weight is 714 g/mol. The van der Waals surface area contributed by atoms with Crippen LogP contribution in [0, 0.1) is 11.8 Å². The standard InChI is InChI=1S/C38H43N5O9/c1-23-8-6-14-39-33(46)13-12-24(2)35(25(3)21-51-38(49)42-32-17-26-9-4-5-10-27(26)20-40-32)52-37(48)31-11-7-15-43(31)36(47)30-22-50-34(41-30)19-29(45)18-28(44)16-23/h4-6,8-10,12-13,16-17,20,22,24-25,28,31,35,44H,7,11,14-15,18-19,21H2,1-3H3,(H,39,46)(H,40,42,49)/b8-6+,13-12+,23-16+/t24-,25-,28-,31?,35+/m1/s1. The maximum atomic E-state index is 13.7. The van der Waals surface area contributed by atoms with Crippen LogP contribution in [0.2, 0.25) is 0 Å². The zero-order valence-corrected chi connectivity index (χ0v) is 29.3. The summed E-state index contributed by atoms with van der Waals surface area (Å²) in [5.74, 6) is -2.67. The van der Waals surface area contributed by atoms with E-state index in [2.05, 4.69) is 20.6 Å². The second-order valence-corrected chi connectivity index (χ2v) is 13.1. The van der Waals surface area contributed by atoms with Crippen LogP contribution >= 0.6 is 0 Å². The van der Waals surface area contributed by atoms with Crippen molar-refractivity contribution >= 4 is 46.3 Å². The van der Waals surface area contributed by atoms with E-state index >= 15 is 0 Å². The number of nitrogens with one attached hydrogen (secondary N) is 2. The van der Waals surface area contributed by atoms with Crippen molar-refractivity contribution in [2.45, 2.75) is 64.7 Å². The number of pyridine rings is 1. The Balaban J connectivity index is 1.32. The molecule has 52 heavy (non-hydrogen) atoms. The number of amides is 3. The van der Waals surface area contributed by atoms with Gasteiger partial charge in [-0.25, -0.2) is 19.6 Å². The zero-order valence-electron chi connectivity index (χ0n) is 29.3. The molecule has 274 valence electrons. The van der Waals surface area contributed by atoms with Crippen LogP contribution in [0.1, 0.15) is 56.4 Å². The number of benzene rings is 1. The molecular formula is C38H43N5O9. The molecule has 2 bridgehead atoms. The number of fused-ring (bicyclic) bond motifs is 4. The van der Waals surface area contributed by atoms with Crippen LogP contribution < -0.4 is 10.6 Å². The van der Waals surface area contributed by atoms with Crippen molar-refractivity contribution in [1.82, 2.24) is 20.2 Å². The fraction of sp³-hybridized carbons (Fsp3) is 0.395. The molecule has 2 aliphatic heterocycles. The summed E-state index contributed by atoms with van der Waals surface area (Å²) < 4.78 is 17.0. The van der Waals surface area contributed by atoms with Crippen molar-refractivity contribution in [2.75, 3.05) is 25.0 Å². The number of ketones is 1. The van der Waals surface area contributed by atoms with E-state index in [0.717, 1.165) is 17.0 Å². The number of allylic oxidation sites excluding steroid dienone is 2. The van der Waals surface area contributed by atoms with Crippen LogP contribution in [0.5, 0.6) is 0 Å². The lowest BCUT2D eigenvalue weighted by Gasteiger charge is -2.30. The van der Waals surface area contributed by atoms with Gasteiger partial charge in [-0.05, 0) is 37.3 Å². The Hall–Kier alpha value is -5.63. The molecule has 2 aromatic heterocycles. The monoisotopic (exact) mass is 713 g/mol. The van der Waals surface area contributed by atoms with Gasteiger partial charge in [0, 0.05) is 42.9 Å². The molecule has 5 rings (SSSR count). The summed E-state index contributed by atoms with van der Waals surface area (Å²) in [7, 11) is 0. The number of oxazole rings is 1. The van der Waals surface area contributed by atoms with E-state index in [1.54, 1.807) is 51.3 Å². The summed E-state index contributed by atoms with van der Waals surface area (Å²) in [6.07, 6.45) is 8.48. The van der Waals surface area contributed by atoms with Crippen LogP contribution in [0.3, 0.4) is 0 Å². The minimum absolute atomic E-state index is 0.0172. The summed E-state index contributed by atoms with van der Waals surface area (Å²) in [6.45, 7) is 5.61. The van der Waals surface area contributed by atoms with E-state index in [0.29, 0.717) is 24.2 Å². The number of nitrogens with zero attached hydrogens (tertiary/aromatic N) is 3. The summed E-state index contributed by atoms with van der Waals surface area (Å²) >= 11 is 0. The molecule has 14 nitrogen and oxygen atoms in total. The number of esters is 1. The van der Waals surface area contributed by atoms with Crippen molar-refractivity contribution in [2.24, 2.45) is 11.8 Å². The third-order valence-corrected chi connectivity index (χ3v) is 8.79. The van der Waals surface area contributed by atoms with E-state index in [1.165, 1.54) is 17.1 Å². The number of rotatable bonds is 4. The molecule has 14 heteroatoms. The third kappa shape index (κ3) is 10.2. The van der Waals surface area contributed by atoms with Gasteiger partial charge in [-0.1, -0.05) is 68.0 Å². The van der Waals surface area contributed by atoms with Crippen LogP contribution in [0.25, 0.3) is 10.8 Å². The highest BCUT2D eigenvalue weighted by atomic mass is 16.6. The first-order chi connectivity index (χ1) is 25.0. The van der Waals surface area contributed by atoms with Crippen LogP contribution in [-0.2, 0) is 30.3 Å². The van der Waals surface area contributed by atoms with Gasteiger partial charge in [-0.3, -0.25) is 19.7 Å². The Kier molecular flexibility index (Phi) is 12.7. The largest absolute Gasteiger partial charge is 0.460 e. The molecule has 1 unspecified atom stereocenters. The van der Waals surface area contributed by atoms with Crippen LogP contribution in [-0.4, -0.2) is 87.6 Å². The topological polar surface area (TPSA) is 190 Å². The molecule has 1 aromatic carbocycles. The first-order valence-corrected chi connectivity index (χ1v) is 17.2. The summed E-state index contributed by atoms with van der Waals surface area (Å²) in [4.78, 5) is 75.0. The van der Waals surface area contributed by atoms with E-state index in [-0.39, 0.29) is 49.9 Å². The fourth-order valence-corrected chi connectivity index (χ4v) is 6.15. The fourth-order valence-electron chi connectivity index (χ4n) is 6.15. The first-order valence-electron chi connectivity index (χ1n) is 17.2. The summed E-state index contributed by atoms with van der Waals surface area (Å²) in [5.41, 5.74) is 0.624. The number of aliphatic hydroxyl groups excluding tert-OH is 1. The smallest absolute Gasteiger partial charge is 0.412 e. The number of cyclic esters (lactones) is 1. The first kappa shape index (κ1) is 37.6. The van der Waals surface area contributed by atoms with Gasteiger partial charge in [-0.15, -0.1) is 0 Å². The van der Waals surface area contributed by atoms with Crippen molar-refractivity contribution in [1.29, 1.82) is 0 Å². The Morgan fingerprint density at radius 1 is 1.17 bits per heavy atom. The maximum absolute atomic E-state index is 13.7. The molecule has 5 atom stereocenters. The second-order valence-electron chi connectivity index (χ2n) is 13.1. The van der Waals surface area contributed by atoms with Gasteiger partial charge in [0.2, 0.25) is 11.8 Å². The SMILES string of the molecule is CC1=C\[C@@H](O)CC(=O)Cc2nc(co2)C(=O)N2CCCC2C(=O)O[C@H]([C@H](C)COC(=O)Nc2cc3ccccc3cn2)[C@H](C)/C=C/C(=O)NC\C=C\1. The van der Waals surface area contributed by atoms with Crippen molar-refractivity contribution in [3.8, 4) is 0 Å². The molecule has 0 aliphatic carbocycles. The van der Waals surface area contributed by atoms with Crippen LogP contribution in [0.4, 0.5) is 10.6 Å². The Morgan fingerprint density at radius 3 is 2.77 bits per heavy atom. The van der Waals surface area contributed by atoms with Crippen LogP contribution in [0.15, 0.2) is 83.2 Å². The lowest BCUT2D eigenvalue weighted by Crippen LogP contribution is -2.44. The summed E-state index contributed by atoms with van der Waals surface area (Å²) in [5, 5.41) is 17.6. The van der Waals surface area contributed by atoms with Gasteiger partial charge in [-0.2, -0.15) is 0 Å². The van der Waals surface area contributed by atoms with Gasteiger partial charge in [0.25, 0.3) is 5.91 Å². The van der Waals surface area contributed by atoms with E-state index < -0.39 is 54.0 Å². The number of carbonyl (C=O) groups is 5. The van der Waals surface area contributed by atoms with Gasteiger partial charge >= 0.3 is 12.1 Å². The molecule has 4 heterocycles. The second kappa shape index (κ2) is 17.5. The van der Waals surface area contributed by atoms with Gasteiger partial charge < -0.3 is 29.2 Å². The maximum Gasteiger partial charge on any atom is 0.412 e. The molecule has 1 saturated heterocycles. The molecular weight excluding hydrogens is 670 g/mol. The van der Waals surface area contributed by atoms with Gasteiger partial charge in [0.1, 0.15) is 30.0 Å². The van der Waals surface area contributed by atoms with E-state index in [4.69, 9.17) is 13.9 Å². The number of aliphatic hydroxyl groups is 1. The number of hydrogen-bond donors (Lipinski definition) is 3. The quantitative estimate of drug-likeness (QED) is 0.327. The lowest BCUT2D eigenvalue weighted by atomic mass is 9.93. The molecule has 3 N–H and O–H groups in total. The highest BCUT2D eigenvalue weighted by molar-refractivity contribution is 5.95. The van der Waals surface area contributed by atoms with Crippen molar-refractivity contribution < 1.29 is 43.0 Å². The van der Waals surface area contributed by atoms with Crippen molar-refractivity contribution in [3.63, 3.8) is 0 Å². The van der Waals surface area contributed by atoms with E-state index in [9.17, 15) is 29.1 Å².